The Labute approximate surface area is 168 Å². The van der Waals surface area contributed by atoms with E-state index in [-0.39, 0.29) is 23.1 Å². The molecule has 0 aliphatic heterocycles. The van der Waals surface area contributed by atoms with Crippen LogP contribution in [0.4, 0.5) is 5.00 Å². The quantitative estimate of drug-likeness (QED) is 0.667. The first-order valence-corrected chi connectivity index (χ1v) is 11.2. The van der Waals surface area contributed by atoms with Crippen molar-refractivity contribution in [1.29, 1.82) is 0 Å². The molecule has 1 aromatic heterocycles. The van der Waals surface area contributed by atoms with Gasteiger partial charge in [-0.3, -0.25) is 4.79 Å². The molecule has 1 heterocycles. The molecular weight excluding hydrogens is 400 g/mol. The van der Waals surface area contributed by atoms with Gasteiger partial charge in [0.1, 0.15) is 5.00 Å². The van der Waals surface area contributed by atoms with Crippen LogP contribution in [0.1, 0.15) is 50.9 Å². The molecule has 1 aliphatic carbocycles. The Bertz CT molecular complexity index is 1020. The smallest absolute Gasteiger partial charge is 0.341 e. The second kappa shape index (κ2) is 8.02. The molecule has 28 heavy (non-hydrogen) atoms. The summed E-state index contributed by atoms with van der Waals surface area (Å²) < 4.78 is 32.4. The Morgan fingerprint density at radius 1 is 1.25 bits per heavy atom. The summed E-state index contributed by atoms with van der Waals surface area (Å²) in [4.78, 5) is 25.9. The lowest BCUT2D eigenvalue weighted by molar-refractivity contribution is 0.0527. The molecule has 150 valence electrons. The normalized spacial score (nSPS) is 14.0. The molecule has 1 aliphatic rings. The topological polar surface area (TPSA) is 102 Å². The van der Waals surface area contributed by atoms with Crippen molar-refractivity contribution in [2.24, 2.45) is 0 Å². The van der Waals surface area contributed by atoms with Gasteiger partial charge in [0.15, 0.2) is 0 Å². The number of benzene rings is 1. The number of aryl methyl sites for hydroxylation is 1. The summed E-state index contributed by atoms with van der Waals surface area (Å²) >= 11 is 1.28. The second-order valence-electron chi connectivity index (χ2n) is 6.59. The minimum absolute atomic E-state index is 0.0216. The maximum Gasteiger partial charge on any atom is 0.341 e. The lowest BCUT2D eigenvalue weighted by atomic mass is 10.1. The maximum absolute atomic E-state index is 12.7. The maximum atomic E-state index is 12.7. The Balaban J connectivity index is 1.85. The molecule has 9 heteroatoms. The van der Waals surface area contributed by atoms with E-state index in [0.717, 1.165) is 23.3 Å². The average Bonchev–Trinajstić information content (AvgIpc) is 3.40. The fourth-order valence-electron chi connectivity index (χ4n) is 2.63. The molecule has 0 unspecified atom stereocenters. The van der Waals surface area contributed by atoms with E-state index in [2.05, 4.69) is 10.0 Å². The van der Waals surface area contributed by atoms with E-state index in [1.165, 1.54) is 35.6 Å². The van der Waals surface area contributed by atoms with Crippen LogP contribution in [0.15, 0.2) is 29.2 Å². The van der Waals surface area contributed by atoms with Crippen LogP contribution in [0.25, 0.3) is 0 Å². The first-order valence-electron chi connectivity index (χ1n) is 8.93. The number of carbonyl (C=O) groups excluding carboxylic acids is 2. The molecule has 1 amide bonds. The van der Waals surface area contributed by atoms with Crippen molar-refractivity contribution in [1.82, 2.24) is 4.72 Å². The van der Waals surface area contributed by atoms with Crippen LogP contribution in [0, 0.1) is 13.8 Å². The number of nitrogens with one attached hydrogen (secondary N) is 2. The number of thiophene rings is 1. The van der Waals surface area contributed by atoms with Gasteiger partial charge in [0.05, 0.1) is 17.1 Å². The highest BCUT2D eigenvalue weighted by Crippen LogP contribution is 2.33. The molecule has 0 spiro atoms. The van der Waals surface area contributed by atoms with Crippen molar-refractivity contribution < 1.29 is 22.7 Å². The second-order valence-corrected chi connectivity index (χ2v) is 9.52. The van der Waals surface area contributed by atoms with Crippen LogP contribution < -0.4 is 10.0 Å². The number of hydrogen-bond donors (Lipinski definition) is 2. The van der Waals surface area contributed by atoms with Crippen molar-refractivity contribution >= 4 is 38.2 Å². The largest absolute Gasteiger partial charge is 0.462 e. The molecule has 0 bridgehead atoms. The van der Waals surface area contributed by atoms with Crippen molar-refractivity contribution in [3.63, 3.8) is 0 Å². The van der Waals surface area contributed by atoms with E-state index >= 15 is 0 Å². The number of hydrogen-bond acceptors (Lipinski definition) is 6. The lowest BCUT2D eigenvalue weighted by Gasteiger charge is -2.09. The summed E-state index contributed by atoms with van der Waals surface area (Å²) in [5, 5.41) is 3.11. The van der Waals surface area contributed by atoms with E-state index in [9.17, 15) is 18.0 Å². The first-order chi connectivity index (χ1) is 13.2. The lowest BCUT2D eigenvalue weighted by Crippen LogP contribution is -2.26. The van der Waals surface area contributed by atoms with E-state index in [1.54, 1.807) is 13.8 Å². The van der Waals surface area contributed by atoms with Crippen LogP contribution in [-0.2, 0) is 14.8 Å². The van der Waals surface area contributed by atoms with Gasteiger partial charge < -0.3 is 10.1 Å². The van der Waals surface area contributed by atoms with Crippen LogP contribution in [0.5, 0.6) is 0 Å². The van der Waals surface area contributed by atoms with Gasteiger partial charge in [-0.25, -0.2) is 17.9 Å². The molecule has 1 aromatic carbocycles. The Kier molecular flexibility index (Phi) is 5.87. The third-order valence-corrected chi connectivity index (χ3v) is 7.04. The zero-order valence-corrected chi connectivity index (χ0v) is 17.5. The van der Waals surface area contributed by atoms with Crippen molar-refractivity contribution in [3.05, 3.63) is 45.8 Å². The number of amides is 1. The van der Waals surface area contributed by atoms with E-state index in [4.69, 9.17) is 4.74 Å². The molecular formula is C19H22N2O5S2. The first kappa shape index (κ1) is 20.5. The SMILES string of the molecule is CCOC(=O)c1c(NC(=O)c2cccc(S(=O)(=O)NC3CC3)c2)sc(C)c1C. The predicted molar refractivity (Wildman–Crippen MR) is 107 cm³/mol. The van der Waals surface area contributed by atoms with Crippen molar-refractivity contribution in [2.75, 3.05) is 11.9 Å². The molecule has 0 radical (unpaired) electrons. The molecule has 2 aromatic rings. The highest BCUT2D eigenvalue weighted by atomic mass is 32.2. The van der Waals surface area contributed by atoms with Gasteiger partial charge in [0.25, 0.3) is 5.91 Å². The summed E-state index contributed by atoms with van der Waals surface area (Å²) in [5.74, 6) is -0.986. The Morgan fingerprint density at radius 2 is 1.96 bits per heavy atom. The minimum Gasteiger partial charge on any atom is -0.462 e. The standard InChI is InChI=1S/C19H22N2O5S2/c1-4-26-19(23)16-11(2)12(3)27-18(16)20-17(22)13-6-5-7-15(10-13)28(24,25)21-14-8-9-14/h5-7,10,14,21H,4,8-9H2,1-3H3,(H,20,22). The van der Waals surface area contributed by atoms with Crippen LogP contribution in [-0.4, -0.2) is 32.9 Å². The zero-order valence-electron chi connectivity index (χ0n) is 15.9. The van der Waals surface area contributed by atoms with Gasteiger partial charge in [0, 0.05) is 16.5 Å². The molecule has 0 saturated heterocycles. The third kappa shape index (κ3) is 4.43. The number of esters is 1. The number of anilines is 1. The summed E-state index contributed by atoms with van der Waals surface area (Å²) in [6, 6.07) is 5.81. The highest BCUT2D eigenvalue weighted by Gasteiger charge is 2.28. The van der Waals surface area contributed by atoms with Gasteiger partial charge in [-0.05, 0) is 57.4 Å². The number of rotatable bonds is 7. The number of sulfonamides is 1. The van der Waals surface area contributed by atoms with Crippen LogP contribution >= 0.6 is 11.3 Å². The minimum atomic E-state index is -3.66. The molecule has 7 nitrogen and oxygen atoms in total. The van der Waals surface area contributed by atoms with Gasteiger partial charge in [-0.15, -0.1) is 11.3 Å². The third-order valence-electron chi connectivity index (χ3n) is 4.40. The molecule has 3 rings (SSSR count). The fraction of sp³-hybridized carbons (Fsp3) is 0.368. The van der Waals surface area contributed by atoms with Gasteiger partial charge in [0.2, 0.25) is 10.0 Å². The number of ether oxygens (including phenoxy) is 1. The van der Waals surface area contributed by atoms with E-state index in [0.29, 0.717) is 10.6 Å². The average molecular weight is 423 g/mol. The van der Waals surface area contributed by atoms with Crippen LogP contribution in [0.2, 0.25) is 0 Å². The van der Waals surface area contributed by atoms with Crippen molar-refractivity contribution in [2.45, 2.75) is 44.6 Å². The summed E-state index contributed by atoms with van der Waals surface area (Å²) in [6.07, 6.45) is 1.65. The van der Waals surface area contributed by atoms with Gasteiger partial charge in [-0.2, -0.15) is 0 Å². The van der Waals surface area contributed by atoms with Crippen molar-refractivity contribution in [3.8, 4) is 0 Å². The molecule has 1 saturated carbocycles. The van der Waals surface area contributed by atoms with Gasteiger partial charge >= 0.3 is 5.97 Å². The van der Waals surface area contributed by atoms with E-state index < -0.39 is 21.9 Å². The van der Waals surface area contributed by atoms with Crippen LogP contribution in [0.3, 0.4) is 0 Å². The Hall–Kier alpha value is -2.23. The summed E-state index contributed by atoms with van der Waals surface area (Å²) in [5.41, 5.74) is 1.28. The summed E-state index contributed by atoms with van der Waals surface area (Å²) in [6.45, 7) is 5.60. The highest BCUT2D eigenvalue weighted by molar-refractivity contribution is 7.89. The number of carbonyl (C=O) groups is 2. The fourth-order valence-corrected chi connectivity index (χ4v) is 5.03. The molecule has 1 fully saturated rings. The van der Waals surface area contributed by atoms with E-state index in [1.807, 2.05) is 6.92 Å². The molecule has 0 atom stereocenters. The molecule has 2 N–H and O–H groups in total. The van der Waals surface area contributed by atoms with Gasteiger partial charge in [-0.1, -0.05) is 6.07 Å². The summed E-state index contributed by atoms with van der Waals surface area (Å²) in [7, 11) is -3.66. The zero-order chi connectivity index (χ0) is 20.5. The Morgan fingerprint density at radius 3 is 2.61 bits per heavy atom. The monoisotopic (exact) mass is 422 g/mol. The predicted octanol–water partition coefficient (Wildman–Crippen LogP) is 3.23.